The van der Waals surface area contributed by atoms with Gasteiger partial charge in [0.25, 0.3) is 5.91 Å². The maximum atomic E-state index is 14.6. The van der Waals surface area contributed by atoms with Crippen LogP contribution in [0.3, 0.4) is 0 Å². The summed E-state index contributed by atoms with van der Waals surface area (Å²) >= 11 is 0. The predicted molar refractivity (Wildman–Crippen MR) is 176 cm³/mol. The SMILES string of the molecule is Cc1n[nH]c(C)c1-c1ccc(NC(=O)[C@H](c2cnn(C(C)CS(C)=O)c2C(N)=O)C(C2CCCCC2)C2CCCCC2)cc1. The fourth-order valence-corrected chi connectivity index (χ4v) is 8.83. The Hall–Kier alpha value is -3.27. The molecule has 2 aromatic heterocycles. The van der Waals surface area contributed by atoms with Crippen LogP contribution in [0.4, 0.5) is 5.69 Å². The largest absolute Gasteiger partial charge is 0.364 e. The first kappa shape index (κ1) is 32.1. The molecule has 4 N–H and O–H groups in total. The van der Waals surface area contributed by atoms with Crippen LogP contribution in [0, 0.1) is 31.6 Å². The molecule has 3 atom stereocenters. The van der Waals surface area contributed by atoms with Crippen LogP contribution in [0.25, 0.3) is 11.1 Å². The van der Waals surface area contributed by atoms with Gasteiger partial charge in [-0.05, 0) is 56.2 Å². The zero-order valence-corrected chi connectivity index (χ0v) is 27.4. The van der Waals surface area contributed by atoms with Gasteiger partial charge in [-0.25, -0.2) is 0 Å². The molecule has 44 heavy (non-hydrogen) atoms. The van der Waals surface area contributed by atoms with E-state index in [2.05, 4.69) is 20.6 Å². The number of aromatic nitrogens is 4. The van der Waals surface area contributed by atoms with Crippen LogP contribution in [-0.2, 0) is 15.6 Å². The second-order valence-corrected chi connectivity index (χ2v) is 14.6. The molecule has 238 valence electrons. The van der Waals surface area contributed by atoms with E-state index in [9.17, 15) is 13.8 Å². The standard InChI is InChI=1S/C34H48N6O3S/c1-21(20-44(4)43)40-32(33(35)41)28(19-36-40)31(30(24-11-7-5-8-12-24)25-13-9-6-10-14-25)34(42)37-27-17-15-26(16-18-27)29-22(2)38-39-23(29)3/h15-19,21,24-25,30-31H,5-14,20H2,1-4H3,(H2,35,41)(H,37,42)(H,38,39)/t21?,31-,44?/m1/s1. The smallest absolute Gasteiger partial charge is 0.267 e. The van der Waals surface area contributed by atoms with E-state index >= 15 is 0 Å². The molecule has 0 aliphatic heterocycles. The molecule has 2 saturated carbocycles. The Morgan fingerprint density at radius 1 is 1.02 bits per heavy atom. The number of hydrogen-bond donors (Lipinski definition) is 3. The number of H-pyrrole nitrogens is 1. The van der Waals surface area contributed by atoms with Crippen LogP contribution in [0.1, 0.15) is 111 Å². The van der Waals surface area contributed by atoms with Gasteiger partial charge in [-0.2, -0.15) is 10.2 Å². The second kappa shape index (κ2) is 14.2. The summed E-state index contributed by atoms with van der Waals surface area (Å²) in [5, 5.41) is 15.2. The van der Waals surface area contributed by atoms with Gasteiger partial charge >= 0.3 is 0 Å². The number of rotatable bonds is 11. The fraction of sp³-hybridized carbons (Fsp3) is 0.588. The van der Waals surface area contributed by atoms with Crippen LogP contribution in [0.2, 0.25) is 0 Å². The zero-order valence-electron chi connectivity index (χ0n) is 26.6. The molecule has 9 nitrogen and oxygen atoms in total. The van der Waals surface area contributed by atoms with Gasteiger partial charge in [-0.15, -0.1) is 0 Å². The minimum Gasteiger partial charge on any atom is -0.364 e. The van der Waals surface area contributed by atoms with Crippen LogP contribution in [0.5, 0.6) is 0 Å². The van der Waals surface area contributed by atoms with Crippen LogP contribution >= 0.6 is 0 Å². The van der Waals surface area contributed by atoms with Crippen LogP contribution < -0.4 is 11.1 Å². The Morgan fingerprint density at radius 2 is 1.61 bits per heavy atom. The highest BCUT2D eigenvalue weighted by molar-refractivity contribution is 7.84. The number of carbonyl (C=O) groups is 2. The van der Waals surface area contributed by atoms with Crippen molar-refractivity contribution >= 4 is 28.3 Å². The summed E-state index contributed by atoms with van der Waals surface area (Å²) in [6.45, 7) is 5.87. The summed E-state index contributed by atoms with van der Waals surface area (Å²) in [7, 11) is -1.09. The van der Waals surface area contributed by atoms with Crippen molar-refractivity contribution in [2.45, 2.75) is 96.9 Å². The Morgan fingerprint density at radius 3 is 2.11 bits per heavy atom. The minimum absolute atomic E-state index is 0.0810. The molecule has 2 unspecified atom stereocenters. The fourth-order valence-electron chi connectivity index (χ4n) is 8.01. The van der Waals surface area contributed by atoms with Crippen molar-refractivity contribution in [1.29, 1.82) is 0 Å². The molecule has 3 aromatic rings. The van der Waals surface area contributed by atoms with Gasteiger partial charge in [0.2, 0.25) is 5.91 Å². The molecular formula is C34H48N6O3S. The monoisotopic (exact) mass is 620 g/mol. The highest BCUT2D eigenvalue weighted by Gasteiger charge is 2.43. The topological polar surface area (TPSA) is 136 Å². The highest BCUT2D eigenvalue weighted by atomic mass is 32.2. The van der Waals surface area contributed by atoms with Gasteiger partial charge in [-0.1, -0.05) is 76.3 Å². The zero-order chi connectivity index (χ0) is 31.4. The lowest BCUT2D eigenvalue weighted by molar-refractivity contribution is -0.120. The van der Waals surface area contributed by atoms with Gasteiger partial charge in [0, 0.05) is 45.3 Å². The number of hydrogen-bond acceptors (Lipinski definition) is 5. The van der Waals surface area contributed by atoms with Gasteiger partial charge in [0.15, 0.2) is 0 Å². The lowest BCUT2D eigenvalue weighted by atomic mass is 9.63. The van der Waals surface area contributed by atoms with Gasteiger partial charge < -0.3 is 11.1 Å². The Labute approximate surface area is 263 Å². The molecule has 2 aliphatic rings. The number of carbonyl (C=O) groups excluding carboxylic acids is 2. The molecule has 10 heteroatoms. The Bertz CT molecular complexity index is 1430. The lowest BCUT2D eigenvalue weighted by Crippen LogP contribution is -2.39. The molecule has 0 bridgehead atoms. The maximum Gasteiger partial charge on any atom is 0.267 e. The highest BCUT2D eigenvalue weighted by Crippen LogP contribution is 2.48. The molecule has 2 aliphatic carbocycles. The number of benzene rings is 1. The molecule has 2 fully saturated rings. The Kier molecular flexibility index (Phi) is 10.4. The number of aromatic amines is 1. The third-order valence-electron chi connectivity index (χ3n) is 9.91. The molecule has 5 rings (SSSR count). The quantitative estimate of drug-likeness (QED) is 0.227. The van der Waals surface area contributed by atoms with E-state index in [-0.39, 0.29) is 23.6 Å². The summed E-state index contributed by atoms with van der Waals surface area (Å²) in [6, 6.07) is 7.59. The van der Waals surface area contributed by atoms with E-state index in [0.29, 0.717) is 28.8 Å². The Balaban J connectivity index is 1.56. The molecule has 0 spiro atoms. The second-order valence-electron chi connectivity index (χ2n) is 13.1. The number of anilines is 1. The first-order chi connectivity index (χ1) is 21.2. The summed E-state index contributed by atoms with van der Waals surface area (Å²) in [5.74, 6) is -0.0984. The van der Waals surface area contributed by atoms with Crippen molar-refractivity contribution in [2.75, 3.05) is 17.3 Å². The molecule has 2 amide bonds. The van der Waals surface area contributed by atoms with E-state index in [4.69, 9.17) is 5.73 Å². The van der Waals surface area contributed by atoms with Gasteiger partial charge in [0.05, 0.1) is 23.9 Å². The van der Waals surface area contributed by atoms with Crippen molar-refractivity contribution in [3.8, 4) is 11.1 Å². The van der Waals surface area contributed by atoms with E-state index < -0.39 is 22.6 Å². The molecule has 2 heterocycles. The van der Waals surface area contributed by atoms with Crippen molar-refractivity contribution in [2.24, 2.45) is 23.5 Å². The van der Waals surface area contributed by atoms with Crippen LogP contribution in [0.15, 0.2) is 30.5 Å². The molecule has 0 saturated heterocycles. The van der Waals surface area contributed by atoms with Crippen molar-refractivity contribution in [1.82, 2.24) is 20.0 Å². The first-order valence-corrected chi connectivity index (χ1v) is 18.0. The van der Waals surface area contributed by atoms with Crippen molar-refractivity contribution < 1.29 is 13.8 Å². The number of aryl methyl sites for hydroxylation is 2. The summed E-state index contributed by atoms with van der Waals surface area (Å²) in [5.41, 5.74) is 11.6. The predicted octanol–water partition coefficient (Wildman–Crippen LogP) is 6.43. The van der Waals surface area contributed by atoms with Gasteiger partial charge in [0.1, 0.15) is 5.69 Å². The van der Waals surface area contributed by atoms with Crippen molar-refractivity contribution in [3.05, 3.63) is 53.1 Å². The van der Waals surface area contributed by atoms with Gasteiger partial charge in [-0.3, -0.25) is 23.6 Å². The lowest BCUT2D eigenvalue weighted by Gasteiger charge is -2.42. The third kappa shape index (κ3) is 7.00. The summed E-state index contributed by atoms with van der Waals surface area (Å²) in [4.78, 5) is 27.7. The minimum atomic E-state index is -1.09. The number of nitrogens with zero attached hydrogens (tertiary/aromatic N) is 3. The number of nitrogens with two attached hydrogens (primary N) is 1. The normalized spacial score (nSPS) is 18.7. The first-order valence-electron chi connectivity index (χ1n) is 16.3. The molecular weight excluding hydrogens is 572 g/mol. The summed E-state index contributed by atoms with van der Waals surface area (Å²) < 4.78 is 13.7. The van der Waals surface area contributed by atoms with E-state index in [1.54, 1.807) is 17.1 Å². The van der Waals surface area contributed by atoms with E-state index in [1.807, 2.05) is 45.0 Å². The number of amides is 2. The van der Waals surface area contributed by atoms with Crippen LogP contribution in [-0.4, -0.2) is 48.0 Å². The van der Waals surface area contributed by atoms with Crippen molar-refractivity contribution in [3.63, 3.8) is 0 Å². The average Bonchev–Trinajstić information content (AvgIpc) is 3.60. The van der Waals surface area contributed by atoms with E-state index in [1.165, 1.54) is 12.8 Å². The third-order valence-corrected chi connectivity index (χ3v) is 10.9. The summed E-state index contributed by atoms with van der Waals surface area (Å²) in [6.07, 6.45) is 14.8. The number of primary amides is 1. The molecule has 0 radical (unpaired) electrons. The number of nitrogens with one attached hydrogen (secondary N) is 2. The maximum absolute atomic E-state index is 14.6. The average molecular weight is 621 g/mol. The van der Waals surface area contributed by atoms with E-state index in [0.717, 1.165) is 73.9 Å². The molecule has 1 aromatic carbocycles.